The molecule has 4 heteroatoms. The minimum absolute atomic E-state index is 0.209. The summed E-state index contributed by atoms with van der Waals surface area (Å²) in [5.41, 5.74) is 0. The molecule has 2 unspecified atom stereocenters. The molecule has 1 heterocycles. The van der Waals surface area contributed by atoms with Gasteiger partial charge in [0.25, 0.3) is 0 Å². The molecule has 0 bridgehead atoms. The van der Waals surface area contributed by atoms with Crippen molar-refractivity contribution in [3.8, 4) is 0 Å². The topological polar surface area (TPSA) is 54.4 Å². The minimum atomic E-state index is -0.493. The van der Waals surface area contributed by atoms with E-state index in [0.29, 0.717) is 6.42 Å². The Morgan fingerprint density at radius 1 is 1.36 bits per heavy atom. The lowest BCUT2D eigenvalue weighted by molar-refractivity contribution is -0.135. The highest BCUT2D eigenvalue weighted by Gasteiger charge is 2.39. The van der Waals surface area contributed by atoms with Gasteiger partial charge in [0.05, 0.1) is 17.1 Å². The first kappa shape index (κ1) is 8.74. The highest BCUT2D eigenvalue weighted by molar-refractivity contribution is 8.03. The molecule has 1 aliphatic heterocycles. The van der Waals surface area contributed by atoms with Crippen LogP contribution in [0.15, 0.2) is 0 Å². The average Bonchev–Trinajstić information content (AvgIpc) is 2.30. The van der Waals surface area contributed by atoms with Gasteiger partial charge in [0, 0.05) is 0 Å². The number of hydrogen-bond donors (Lipinski definition) is 1. The molecule has 62 valence electrons. The second-order valence-corrected chi connectivity index (χ2v) is 3.84. The standard InChI is InChI=1S/C7H10O3S/c1-2-4-6(9)7(10)5(3-8)11-4/h4-5,8H,2-3H2,1H3. The summed E-state index contributed by atoms with van der Waals surface area (Å²) < 4.78 is 0. The van der Waals surface area contributed by atoms with Crippen LogP contribution in [0.1, 0.15) is 13.3 Å². The van der Waals surface area contributed by atoms with Crippen LogP contribution in [0, 0.1) is 0 Å². The fourth-order valence-electron chi connectivity index (χ4n) is 1.05. The molecule has 11 heavy (non-hydrogen) atoms. The fourth-order valence-corrected chi connectivity index (χ4v) is 2.20. The summed E-state index contributed by atoms with van der Waals surface area (Å²) in [6.07, 6.45) is 0.672. The third kappa shape index (κ3) is 1.46. The second-order valence-electron chi connectivity index (χ2n) is 2.43. The van der Waals surface area contributed by atoms with Crippen LogP contribution in [0.25, 0.3) is 0 Å². The molecule has 0 aliphatic carbocycles. The third-order valence-corrected chi connectivity index (χ3v) is 3.26. The molecule has 1 N–H and O–H groups in total. The summed E-state index contributed by atoms with van der Waals surface area (Å²) >= 11 is 1.28. The monoisotopic (exact) mass is 174 g/mol. The van der Waals surface area contributed by atoms with Gasteiger partial charge in [-0.1, -0.05) is 6.92 Å². The zero-order valence-electron chi connectivity index (χ0n) is 6.24. The van der Waals surface area contributed by atoms with Crippen LogP contribution in [0.4, 0.5) is 0 Å². The molecule has 0 aromatic carbocycles. The summed E-state index contributed by atoms with van der Waals surface area (Å²) in [7, 11) is 0. The van der Waals surface area contributed by atoms with Gasteiger partial charge in [-0.15, -0.1) is 11.8 Å². The van der Waals surface area contributed by atoms with Crippen LogP contribution >= 0.6 is 11.8 Å². The van der Waals surface area contributed by atoms with E-state index in [1.54, 1.807) is 0 Å². The number of carbonyl (C=O) groups excluding carboxylic acids is 2. The number of aliphatic hydroxyl groups excluding tert-OH is 1. The molecule has 0 saturated carbocycles. The highest BCUT2D eigenvalue weighted by Crippen LogP contribution is 2.29. The zero-order chi connectivity index (χ0) is 8.43. The molecule has 1 rings (SSSR count). The van der Waals surface area contributed by atoms with Crippen LogP contribution in [0.3, 0.4) is 0 Å². The average molecular weight is 174 g/mol. The van der Waals surface area contributed by atoms with Gasteiger partial charge in [-0.2, -0.15) is 0 Å². The van der Waals surface area contributed by atoms with Crippen molar-refractivity contribution in [3.05, 3.63) is 0 Å². The third-order valence-electron chi connectivity index (χ3n) is 1.69. The van der Waals surface area contributed by atoms with Crippen molar-refractivity contribution in [1.82, 2.24) is 0 Å². The molecular formula is C7H10O3S. The number of rotatable bonds is 2. The quantitative estimate of drug-likeness (QED) is 0.599. The number of thioether (sulfide) groups is 1. The van der Waals surface area contributed by atoms with E-state index in [-0.39, 0.29) is 17.6 Å². The molecule has 0 radical (unpaired) electrons. The lowest BCUT2D eigenvalue weighted by Crippen LogP contribution is -2.22. The van der Waals surface area contributed by atoms with Gasteiger partial charge in [0.2, 0.25) is 11.6 Å². The highest BCUT2D eigenvalue weighted by atomic mass is 32.2. The molecule has 2 atom stereocenters. The van der Waals surface area contributed by atoms with Crippen molar-refractivity contribution in [2.45, 2.75) is 23.8 Å². The van der Waals surface area contributed by atoms with Crippen molar-refractivity contribution >= 4 is 23.3 Å². The molecule has 1 saturated heterocycles. The Balaban J connectivity index is 2.68. The van der Waals surface area contributed by atoms with Crippen molar-refractivity contribution < 1.29 is 14.7 Å². The van der Waals surface area contributed by atoms with Gasteiger partial charge in [-0.25, -0.2) is 0 Å². The van der Waals surface area contributed by atoms with E-state index in [0.717, 1.165) is 0 Å². The predicted octanol–water partition coefficient (Wildman–Crippen LogP) is 0.0109. The first-order valence-electron chi connectivity index (χ1n) is 3.55. The van der Waals surface area contributed by atoms with Crippen LogP contribution in [-0.4, -0.2) is 33.8 Å². The maximum Gasteiger partial charge on any atom is 0.214 e. The van der Waals surface area contributed by atoms with E-state index in [9.17, 15) is 9.59 Å². The Kier molecular flexibility index (Phi) is 2.67. The van der Waals surface area contributed by atoms with Gasteiger partial charge in [0.1, 0.15) is 0 Å². The van der Waals surface area contributed by atoms with Crippen LogP contribution in [0.5, 0.6) is 0 Å². The maximum atomic E-state index is 11.0. The SMILES string of the molecule is CCC1SC(CO)C(=O)C1=O. The van der Waals surface area contributed by atoms with Crippen molar-refractivity contribution in [2.24, 2.45) is 0 Å². The normalized spacial score (nSPS) is 31.5. The zero-order valence-corrected chi connectivity index (χ0v) is 7.06. The number of aliphatic hydroxyl groups is 1. The van der Waals surface area contributed by atoms with Crippen molar-refractivity contribution in [3.63, 3.8) is 0 Å². The Morgan fingerprint density at radius 3 is 2.18 bits per heavy atom. The van der Waals surface area contributed by atoms with E-state index in [1.165, 1.54) is 11.8 Å². The molecule has 0 aromatic heterocycles. The second kappa shape index (κ2) is 3.36. The molecule has 0 spiro atoms. The summed E-state index contributed by atoms with van der Waals surface area (Å²) in [4.78, 5) is 22.0. The van der Waals surface area contributed by atoms with Gasteiger partial charge in [-0.3, -0.25) is 9.59 Å². The number of hydrogen-bond acceptors (Lipinski definition) is 4. The van der Waals surface area contributed by atoms with Crippen molar-refractivity contribution in [2.75, 3.05) is 6.61 Å². The molecule has 0 amide bonds. The lowest BCUT2D eigenvalue weighted by atomic mass is 10.1. The summed E-state index contributed by atoms with van der Waals surface area (Å²) in [6, 6.07) is 0. The fraction of sp³-hybridized carbons (Fsp3) is 0.714. The van der Waals surface area contributed by atoms with E-state index in [1.807, 2.05) is 6.92 Å². The van der Waals surface area contributed by atoms with E-state index < -0.39 is 11.0 Å². The largest absolute Gasteiger partial charge is 0.395 e. The van der Waals surface area contributed by atoms with Gasteiger partial charge in [0.15, 0.2) is 0 Å². The lowest BCUT2D eigenvalue weighted by Gasteiger charge is -2.01. The Bertz CT molecular complexity index is 170. The summed E-state index contributed by atoms with van der Waals surface area (Å²) in [5, 5.41) is 7.97. The number of ketones is 2. The summed E-state index contributed by atoms with van der Waals surface area (Å²) in [6.45, 7) is 1.65. The Hall–Kier alpha value is -0.350. The number of carbonyl (C=O) groups is 2. The predicted molar refractivity (Wildman–Crippen MR) is 42.6 cm³/mol. The van der Waals surface area contributed by atoms with Gasteiger partial charge in [-0.05, 0) is 6.42 Å². The number of Topliss-reactive ketones (excluding diaryl/α,β-unsaturated/α-hetero) is 2. The van der Waals surface area contributed by atoms with Crippen LogP contribution in [0.2, 0.25) is 0 Å². The molecule has 3 nitrogen and oxygen atoms in total. The van der Waals surface area contributed by atoms with Crippen LogP contribution in [-0.2, 0) is 9.59 Å². The van der Waals surface area contributed by atoms with E-state index >= 15 is 0 Å². The van der Waals surface area contributed by atoms with E-state index in [2.05, 4.69) is 0 Å². The van der Waals surface area contributed by atoms with Gasteiger partial charge >= 0.3 is 0 Å². The van der Waals surface area contributed by atoms with Crippen molar-refractivity contribution in [1.29, 1.82) is 0 Å². The van der Waals surface area contributed by atoms with E-state index in [4.69, 9.17) is 5.11 Å². The minimum Gasteiger partial charge on any atom is -0.395 e. The summed E-state index contributed by atoms with van der Waals surface area (Å²) in [5.74, 6) is -0.735. The first-order valence-corrected chi connectivity index (χ1v) is 4.49. The van der Waals surface area contributed by atoms with Crippen LogP contribution < -0.4 is 0 Å². The first-order chi connectivity index (χ1) is 5.20. The molecule has 0 aromatic rings. The van der Waals surface area contributed by atoms with Gasteiger partial charge < -0.3 is 5.11 Å². The maximum absolute atomic E-state index is 11.0. The smallest absolute Gasteiger partial charge is 0.214 e. The molecular weight excluding hydrogens is 164 g/mol. The Morgan fingerprint density at radius 2 is 1.91 bits per heavy atom. The Labute approximate surface area is 69.2 Å². The molecule has 1 fully saturated rings. The molecule has 1 aliphatic rings.